The van der Waals surface area contributed by atoms with Crippen molar-refractivity contribution < 1.29 is 4.79 Å². The number of allylic oxidation sites excluding steroid dienone is 1. The maximum atomic E-state index is 12.5. The van der Waals surface area contributed by atoms with Crippen LogP contribution in [0.15, 0.2) is 86.2 Å². The smallest absolute Gasteiger partial charge is 0.185 e. The molecule has 0 aromatic heterocycles. The van der Waals surface area contributed by atoms with Crippen molar-refractivity contribution in [1.82, 2.24) is 0 Å². The predicted molar refractivity (Wildman–Crippen MR) is 115 cm³/mol. The number of carbonyl (C=O) groups is 1. The quantitative estimate of drug-likeness (QED) is 0.256. The summed E-state index contributed by atoms with van der Waals surface area (Å²) in [5.74, 6) is -0.0185. The second-order valence-corrected chi connectivity index (χ2v) is 8.24. The Morgan fingerprint density at radius 1 is 0.720 bits per heavy atom. The lowest BCUT2D eigenvalue weighted by Gasteiger charge is -2.04. The molecule has 0 spiro atoms. The molecule has 0 atom stereocenters. The van der Waals surface area contributed by atoms with Crippen LogP contribution in [0.3, 0.4) is 0 Å². The van der Waals surface area contributed by atoms with Crippen molar-refractivity contribution in [2.24, 2.45) is 0 Å². The van der Waals surface area contributed by atoms with Crippen LogP contribution in [0, 0.1) is 0 Å². The van der Waals surface area contributed by atoms with E-state index >= 15 is 0 Å². The third kappa shape index (κ3) is 5.00. The Bertz CT molecular complexity index is 923. The first-order chi connectivity index (χ1) is 12.0. The van der Waals surface area contributed by atoms with Crippen LogP contribution in [-0.2, 0) is 0 Å². The van der Waals surface area contributed by atoms with E-state index in [1.165, 1.54) is 0 Å². The van der Waals surface area contributed by atoms with Gasteiger partial charge in [0.25, 0.3) is 0 Å². The van der Waals surface area contributed by atoms with Gasteiger partial charge in [-0.3, -0.25) is 4.79 Å². The second kappa shape index (κ2) is 8.26. The standard InChI is InChI=1S/C21H13Br3O/c22-18-7-5-15(6-8-18)16-2-1-3-17(12-16)21(25)9-4-14-10-19(23)13-20(24)11-14/h1-13H. The highest BCUT2D eigenvalue weighted by atomic mass is 79.9. The molecule has 1 nitrogen and oxygen atoms in total. The van der Waals surface area contributed by atoms with Crippen molar-refractivity contribution in [2.75, 3.05) is 0 Å². The van der Waals surface area contributed by atoms with Gasteiger partial charge in [-0.25, -0.2) is 0 Å². The van der Waals surface area contributed by atoms with E-state index in [4.69, 9.17) is 0 Å². The fourth-order valence-corrected chi connectivity index (χ4v) is 4.03. The average molecular weight is 521 g/mol. The predicted octanol–water partition coefficient (Wildman–Crippen LogP) is 7.54. The van der Waals surface area contributed by atoms with Crippen molar-refractivity contribution in [3.8, 4) is 11.1 Å². The van der Waals surface area contributed by atoms with Gasteiger partial charge >= 0.3 is 0 Å². The van der Waals surface area contributed by atoms with E-state index in [2.05, 4.69) is 47.8 Å². The van der Waals surface area contributed by atoms with Gasteiger partial charge in [-0.05, 0) is 59.2 Å². The average Bonchev–Trinajstić information content (AvgIpc) is 2.59. The zero-order chi connectivity index (χ0) is 17.8. The zero-order valence-corrected chi connectivity index (χ0v) is 17.8. The van der Waals surface area contributed by atoms with Crippen LogP contribution < -0.4 is 0 Å². The molecule has 0 aliphatic rings. The Kier molecular flexibility index (Phi) is 6.05. The lowest BCUT2D eigenvalue weighted by molar-refractivity contribution is 0.104. The van der Waals surface area contributed by atoms with E-state index in [0.717, 1.165) is 30.1 Å². The van der Waals surface area contributed by atoms with Crippen LogP contribution in [0.1, 0.15) is 15.9 Å². The molecule has 0 fully saturated rings. The molecule has 0 amide bonds. The molecule has 3 rings (SSSR count). The number of carbonyl (C=O) groups excluding carboxylic acids is 1. The third-order valence-electron chi connectivity index (χ3n) is 3.64. The van der Waals surface area contributed by atoms with Gasteiger partial charge in [0.05, 0.1) is 0 Å². The number of ketones is 1. The molecule has 3 aromatic rings. The first kappa shape index (κ1) is 18.3. The van der Waals surface area contributed by atoms with Gasteiger partial charge in [-0.1, -0.05) is 84.2 Å². The summed E-state index contributed by atoms with van der Waals surface area (Å²) in [6.07, 6.45) is 3.43. The van der Waals surface area contributed by atoms with Crippen LogP contribution in [0.4, 0.5) is 0 Å². The molecule has 0 aliphatic heterocycles. The summed E-state index contributed by atoms with van der Waals surface area (Å²) in [7, 11) is 0. The lowest BCUT2D eigenvalue weighted by Crippen LogP contribution is -1.94. The summed E-state index contributed by atoms with van der Waals surface area (Å²) in [4.78, 5) is 12.5. The fourth-order valence-electron chi connectivity index (χ4n) is 2.43. The van der Waals surface area contributed by atoms with E-state index < -0.39 is 0 Å². The minimum Gasteiger partial charge on any atom is -0.289 e. The molecule has 25 heavy (non-hydrogen) atoms. The highest BCUT2D eigenvalue weighted by molar-refractivity contribution is 9.11. The Labute approximate surface area is 172 Å². The lowest BCUT2D eigenvalue weighted by atomic mass is 10.0. The molecule has 0 heterocycles. The van der Waals surface area contributed by atoms with Gasteiger partial charge in [-0.15, -0.1) is 0 Å². The molecule has 3 aromatic carbocycles. The number of hydrogen-bond donors (Lipinski definition) is 0. The van der Waals surface area contributed by atoms with Gasteiger partial charge in [0.2, 0.25) is 0 Å². The topological polar surface area (TPSA) is 17.1 Å². The van der Waals surface area contributed by atoms with Crippen LogP contribution >= 0.6 is 47.8 Å². The number of rotatable bonds is 4. The highest BCUT2D eigenvalue weighted by Crippen LogP contribution is 2.24. The summed E-state index contributed by atoms with van der Waals surface area (Å²) in [5.41, 5.74) is 3.74. The van der Waals surface area contributed by atoms with Gasteiger partial charge < -0.3 is 0 Å². The van der Waals surface area contributed by atoms with E-state index in [0.29, 0.717) is 5.56 Å². The van der Waals surface area contributed by atoms with Crippen molar-refractivity contribution in [1.29, 1.82) is 0 Å². The summed E-state index contributed by atoms with van der Waals surface area (Å²) >= 11 is 10.3. The maximum absolute atomic E-state index is 12.5. The molecule has 4 heteroatoms. The minimum absolute atomic E-state index is 0.0185. The van der Waals surface area contributed by atoms with Gasteiger partial charge in [0.15, 0.2) is 5.78 Å². The van der Waals surface area contributed by atoms with Crippen LogP contribution in [0.5, 0.6) is 0 Å². The third-order valence-corrected chi connectivity index (χ3v) is 5.08. The van der Waals surface area contributed by atoms with E-state index in [1.54, 1.807) is 6.08 Å². The van der Waals surface area contributed by atoms with Crippen molar-refractivity contribution >= 4 is 59.6 Å². The second-order valence-electron chi connectivity index (χ2n) is 5.49. The molecule has 0 N–H and O–H groups in total. The summed E-state index contributed by atoms with van der Waals surface area (Å²) in [5, 5.41) is 0. The molecule has 0 bridgehead atoms. The number of hydrogen-bond acceptors (Lipinski definition) is 1. The number of benzene rings is 3. The van der Waals surface area contributed by atoms with Crippen molar-refractivity contribution in [3.05, 3.63) is 97.4 Å². The zero-order valence-electron chi connectivity index (χ0n) is 13.0. The van der Waals surface area contributed by atoms with Crippen LogP contribution in [0.25, 0.3) is 17.2 Å². The van der Waals surface area contributed by atoms with Crippen LogP contribution in [-0.4, -0.2) is 5.78 Å². The molecule has 0 saturated carbocycles. The first-order valence-corrected chi connectivity index (χ1v) is 9.94. The van der Waals surface area contributed by atoms with Gasteiger partial charge in [0, 0.05) is 19.0 Å². The van der Waals surface area contributed by atoms with E-state index in [9.17, 15) is 4.79 Å². The Hall–Kier alpha value is -1.49. The van der Waals surface area contributed by atoms with Crippen molar-refractivity contribution in [2.45, 2.75) is 0 Å². The van der Waals surface area contributed by atoms with E-state index in [-0.39, 0.29) is 5.78 Å². The van der Waals surface area contributed by atoms with Gasteiger partial charge in [-0.2, -0.15) is 0 Å². The first-order valence-electron chi connectivity index (χ1n) is 7.56. The molecule has 0 aliphatic carbocycles. The number of halogens is 3. The molecule has 0 radical (unpaired) electrons. The monoisotopic (exact) mass is 518 g/mol. The maximum Gasteiger partial charge on any atom is 0.185 e. The molecule has 124 valence electrons. The van der Waals surface area contributed by atoms with Gasteiger partial charge in [0.1, 0.15) is 0 Å². The van der Waals surface area contributed by atoms with Crippen molar-refractivity contribution in [3.63, 3.8) is 0 Å². The normalized spacial score (nSPS) is 11.0. The summed E-state index contributed by atoms with van der Waals surface area (Å²) in [6, 6.07) is 21.6. The molecular weight excluding hydrogens is 508 g/mol. The molecular formula is C21H13Br3O. The molecule has 0 saturated heterocycles. The largest absolute Gasteiger partial charge is 0.289 e. The molecule has 0 unspecified atom stereocenters. The van der Waals surface area contributed by atoms with E-state index in [1.807, 2.05) is 72.8 Å². The Balaban J connectivity index is 1.84. The SMILES string of the molecule is O=C(C=Cc1cc(Br)cc(Br)c1)c1cccc(-c2ccc(Br)cc2)c1. The Morgan fingerprint density at radius 3 is 2.08 bits per heavy atom. The highest BCUT2D eigenvalue weighted by Gasteiger charge is 2.05. The Morgan fingerprint density at radius 2 is 1.40 bits per heavy atom. The summed E-state index contributed by atoms with van der Waals surface area (Å²) in [6.45, 7) is 0. The van der Waals surface area contributed by atoms with Crippen LogP contribution in [0.2, 0.25) is 0 Å². The fraction of sp³-hybridized carbons (Fsp3) is 0. The summed E-state index contributed by atoms with van der Waals surface area (Å²) < 4.78 is 2.96. The minimum atomic E-state index is -0.0185.